The third-order valence-corrected chi connectivity index (χ3v) is 0.498. The van der Waals surface area contributed by atoms with Crippen LogP contribution in [0.15, 0.2) is 0 Å². The summed E-state index contributed by atoms with van der Waals surface area (Å²) < 4.78 is 0. The van der Waals surface area contributed by atoms with E-state index in [1.807, 2.05) is 0 Å². The van der Waals surface area contributed by atoms with E-state index in [2.05, 4.69) is 0 Å². The Morgan fingerprint density at radius 2 is 1.17 bits per heavy atom. The highest BCUT2D eigenvalue weighted by atomic mass is 15.8. The maximum atomic E-state index is 5.07. The molecule has 0 heterocycles. The molecule has 0 rings (SSSR count). The fraction of sp³-hybridized carbons (Fsp3) is 1.00. The molecule has 0 atom stereocenters. The van der Waals surface area contributed by atoms with Crippen molar-refractivity contribution >= 4 is 0 Å². The highest BCUT2D eigenvalue weighted by molar-refractivity contribution is 4.12. The lowest BCUT2D eigenvalue weighted by molar-refractivity contribution is 0.0263. The summed E-state index contributed by atoms with van der Waals surface area (Å²) in [6.07, 6.45) is 0. The first-order valence-corrected chi connectivity index (χ1v) is 1.61. The Kier molecular flexibility index (Phi) is 2.04. The topological polar surface area (TPSA) is 58.5 Å². The molecule has 6 heavy (non-hydrogen) atoms. The van der Waals surface area contributed by atoms with Crippen LogP contribution in [0, 0.1) is 0 Å². The summed E-state index contributed by atoms with van der Waals surface area (Å²) in [4.78, 5) is 0. The van der Waals surface area contributed by atoms with Crippen molar-refractivity contribution in [1.29, 1.82) is 0 Å². The molecule has 0 radical (unpaired) electrons. The molecule has 0 aliphatic rings. The number of rotatable bonds is 1. The quantitative estimate of drug-likeness (QED) is 0.304. The zero-order valence-electron chi connectivity index (χ0n) is 4.05. The molecule has 4 heteroatoms. The molecular weight excluding hydrogens is 80.0 g/mol. The van der Waals surface area contributed by atoms with Crippen LogP contribution in [-0.2, 0) is 0 Å². The van der Waals surface area contributed by atoms with Gasteiger partial charge in [-0.25, -0.2) is 0 Å². The Labute approximate surface area is 37.2 Å². The first-order chi connectivity index (χ1) is 2.64. The molecule has 38 valence electrons. The van der Waals surface area contributed by atoms with E-state index in [0.29, 0.717) is 0 Å². The smallest absolute Gasteiger partial charge is 0.0187 e. The van der Waals surface area contributed by atoms with Gasteiger partial charge in [0.15, 0.2) is 0 Å². The van der Waals surface area contributed by atoms with Crippen molar-refractivity contribution in [2.75, 3.05) is 14.1 Å². The molecule has 0 bridgehead atoms. The Morgan fingerprint density at radius 1 is 1.00 bits per heavy atom. The maximum absolute atomic E-state index is 5.07. The van der Waals surface area contributed by atoms with E-state index in [9.17, 15) is 0 Å². The summed E-state index contributed by atoms with van der Waals surface area (Å²) >= 11 is 0. The lowest BCUT2D eigenvalue weighted by atomic mass is 11.3. The summed E-state index contributed by atoms with van der Waals surface area (Å²) in [5.41, 5.74) is 0. The van der Waals surface area contributed by atoms with E-state index in [0.717, 1.165) is 0 Å². The molecule has 0 aliphatic carbocycles. The molecule has 0 saturated carbocycles. The number of hydrogen-bond acceptors (Lipinski definition) is 4. The van der Waals surface area contributed by atoms with Gasteiger partial charge in [0, 0.05) is 14.1 Å². The van der Waals surface area contributed by atoms with Gasteiger partial charge in [-0.15, -0.1) is 0 Å². The molecule has 0 aliphatic heterocycles. The Hall–Kier alpha value is -0.160. The molecule has 0 amide bonds. The Balaban J connectivity index is 2.99. The second kappa shape index (κ2) is 2.09. The summed E-state index contributed by atoms with van der Waals surface area (Å²) in [5.74, 6) is 10.1. The predicted molar refractivity (Wildman–Crippen MR) is 23.9 cm³/mol. The minimum absolute atomic E-state index is 1.28. The van der Waals surface area contributed by atoms with Gasteiger partial charge in [-0.1, -0.05) is 0 Å². The molecule has 0 aromatic heterocycles. The zero-order valence-corrected chi connectivity index (χ0v) is 4.05. The SMILES string of the molecule is CN(N)N(C)N. The number of hydrazine groups is 3. The largest absolute Gasteiger partial charge is 0.254 e. The van der Waals surface area contributed by atoms with Gasteiger partial charge in [0.2, 0.25) is 0 Å². The van der Waals surface area contributed by atoms with Crippen LogP contribution in [0.3, 0.4) is 0 Å². The van der Waals surface area contributed by atoms with Crippen molar-refractivity contribution in [1.82, 2.24) is 10.2 Å². The van der Waals surface area contributed by atoms with E-state index in [1.165, 1.54) is 10.2 Å². The van der Waals surface area contributed by atoms with Crippen LogP contribution < -0.4 is 11.7 Å². The van der Waals surface area contributed by atoms with Crippen LogP contribution in [0.5, 0.6) is 0 Å². The van der Waals surface area contributed by atoms with Gasteiger partial charge in [-0.2, -0.15) is 10.2 Å². The minimum atomic E-state index is 1.28. The predicted octanol–water partition coefficient (Wildman–Crippen LogP) is -1.49. The van der Waals surface area contributed by atoms with Crippen LogP contribution in [0.25, 0.3) is 0 Å². The molecule has 4 nitrogen and oxygen atoms in total. The average Bonchev–Trinajstić information content (AvgIpc) is 1.36. The molecule has 0 aromatic carbocycles. The third kappa shape index (κ3) is 2.10. The summed E-state index contributed by atoms with van der Waals surface area (Å²) in [6, 6.07) is 0. The minimum Gasteiger partial charge on any atom is -0.254 e. The van der Waals surface area contributed by atoms with Gasteiger partial charge >= 0.3 is 0 Å². The van der Waals surface area contributed by atoms with Gasteiger partial charge < -0.3 is 0 Å². The lowest BCUT2D eigenvalue weighted by Crippen LogP contribution is -2.46. The fourth-order valence-corrected chi connectivity index (χ4v) is 0. The normalized spacial score (nSPS) is 11.0. The molecule has 0 fully saturated rings. The zero-order chi connectivity index (χ0) is 5.15. The van der Waals surface area contributed by atoms with Crippen LogP contribution in [0.1, 0.15) is 0 Å². The van der Waals surface area contributed by atoms with Crippen LogP contribution in [-0.4, -0.2) is 24.3 Å². The van der Waals surface area contributed by atoms with Gasteiger partial charge in [-0.3, -0.25) is 11.7 Å². The highest BCUT2D eigenvalue weighted by Gasteiger charge is 1.85. The lowest BCUT2D eigenvalue weighted by Gasteiger charge is -2.16. The monoisotopic (exact) mass is 90.1 g/mol. The average molecular weight is 90.1 g/mol. The number of hydrogen-bond donors (Lipinski definition) is 2. The van der Waals surface area contributed by atoms with Crippen LogP contribution >= 0.6 is 0 Å². The van der Waals surface area contributed by atoms with Crippen molar-refractivity contribution in [2.45, 2.75) is 0 Å². The number of nitrogens with zero attached hydrogens (tertiary/aromatic N) is 2. The maximum Gasteiger partial charge on any atom is 0.0187 e. The highest BCUT2D eigenvalue weighted by Crippen LogP contribution is 1.61. The summed E-state index contributed by atoms with van der Waals surface area (Å²) in [7, 11) is 3.31. The van der Waals surface area contributed by atoms with Crippen molar-refractivity contribution in [3.63, 3.8) is 0 Å². The Bertz CT molecular complexity index is 26.5. The van der Waals surface area contributed by atoms with Crippen LogP contribution in [0.2, 0.25) is 0 Å². The van der Waals surface area contributed by atoms with Crippen molar-refractivity contribution in [2.24, 2.45) is 11.7 Å². The van der Waals surface area contributed by atoms with Crippen molar-refractivity contribution in [3.05, 3.63) is 0 Å². The first-order valence-electron chi connectivity index (χ1n) is 1.61. The second-order valence-electron chi connectivity index (χ2n) is 1.15. The number of nitrogens with two attached hydrogens (primary N) is 2. The van der Waals surface area contributed by atoms with Crippen LogP contribution in [0.4, 0.5) is 0 Å². The molecule has 0 unspecified atom stereocenters. The van der Waals surface area contributed by atoms with E-state index in [4.69, 9.17) is 11.7 Å². The standard InChI is InChI=1S/C2H10N4/c1-5(3)6(2)4/h3-4H2,1-2H3. The van der Waals surface area contributed by atoms with E-state index >= 15 is 0 Å². The molecule has 0 spiro atoms. The molecule has 0 aromatic rings. The fourth-order valence-electron chi connectivity index (χ4n) is 0. The van der Waals surface area contributed by atoms with Gasteiger partial charge in [-0.05, 0) is 0 Å². The van der Waals surface area contributed by atoms with E-state index < -0.39 is 0 Å². The first kappa shape index (κ1) is 5.84. The molecule has 0 saturated heterocycles. The van der Waals surface area contributed by atoms with Gasteiger partial charge in [0.1, 0.15) is 0 Å². The van der Waals surface area contributed by atoms with E-state index in [1.54, 1.807) is 14.1 Å². The van der Waals surface area contributed by atoms with Gasteiger partial charge in [0.05, 0.1) is 0 Å². The third-order valence-electron chi connectivity index (χ3n) is 0.498. The van der Waals surface area contributed by atoms with Crippen molar-refractivity contribution < 1.29 is 0 Å². The van der Waals surface area contributed by atoms with E-state index in [-0.39, 0.29) is 0 Å². The van der Waals surface area contributed by atoms with Crippen molar-refractivity contribution in [3.8, 4) is 0 Å². The molecular formula is C2H10N4. The summed E-state index contributed by atoms with van der Waals surface area (Å²) in [5, 5.41) is 2.56. The molecule has 4 N–H and O–H groups in total. The van der Waals surface area contributed by atoms with Gasteiger partial charge in [0.25, 0.3) is 0 Å². The summed E-state index contributed by atoms with van der Waals surface area (Å²) in [6.45, 7) is 0. The second-order valence-corrected chi connectivity index (χ2v) is 1.15. The Morgan fingerprint density at radius 3 is 1.17 bits per heavy atom.